The lowest BCUT2D eigenvalue weighted by Gasteiger charge is -2.24. The first kappa shape index (κ1) is 8.65. The van der Waals surface area contributed by atoms with Crippen molar-refractivity contribution in [2.75, 3.05) is 0 Å². The van der Waals surface area contributed by atoms with Crippen molar-refractivity contribution in [2.45, 2.75) is 25.4 Å². The lowest BCUT2D eigenvalue weighted by Crippen LogP contribution is -2.25. The minimum atomic E-state index is 0.319. The molecule has 1 saturated carbocycles. The molecule has 1 aromatic heterocycles. The standard InChI is InChI=1S/C12H11N2O/c1-2-7-11-9(4-1)8-13-12(14-11)15-10-5-3-6-10/h1-2,4,7,10H,3,5-6H2. The molecule has 1 aromatic carbocycles. The Morgan fingerprint density at radius 2 is 2.13 bits per heavy atom. The van der Waals surface area contributed by atoms with Gasteiger partial charge in [-0.05, 0) is 25.3 Å². The average Bonchev–Trinajstić information content (AvgIpc) is 2.23. The summed E-state index contributed by atoms with van der Waals surface area (Å²) in [4.78, 5) is 8.40. The number of aromatic nitrogens is 2. The third kappa shape index (κ3) is 1.65. The molecule has 75 valence electrons. The summed E-state index contributed by atoms with van der Waals surface area (Å²) in [6.45, 7) is 0. The van der Waals surface area contributed by atoms with Crippen molar-refractivity contribution >= 4 is 10.9 Å². The Kier molecular flexibility index (Phi) is 2.02. The quantitative estimate of drug-likeness (QED) is 0.744. The molecule has 2 aromatic rings. The lowest BCUT2D eigenvalue weighted by atomic mass is 9.96. The molecule has 0 unspecified atom stereocenters. The molecular weight excluding hydrogens is 188 g/mol. The van der Waals surface area contributed by atoms with Crippen molar-refractivity contribution in [3.63, 3.8) is 0 Å². The van der Waals surface area contributed by atoms with E-state index in [1.165, 1.54) is 6.42 Å². The number of hydrogen-bond donors (Lipinski definition) is 0. The number of nitrogens with zero attached hydrogens (tertiary/aromatic N) is 2. The summed E-state index contributed by atoms with van der Waals surface area (Å²) in [5.74, 6) is 0. The van der Waals surface area contributed by atoms with E-state index in [0.29, 0.717) is 12.1 Å². The van der Waals surface area contributed by atoms with Gasteiger partial charge in [-0.2, -0.15) is 9.97 Å². The van der Waals surface area contributed by atoms with Crippen molar-refractivity contribution in [1.29, 1.82) is 0 Å². The van der Waals surface area contributed by atoms with Crippen LogP contribution in [-0.2, 0) is 0 Å². The zero-order valence-electron chi connectivity index (χ0n) is 8.31. The van der Waals surface area contributed by atoms with E-state index in [4.69, 9.17) is 4.74 Å². The highest BCUT2D eigenvalue weighted by atomic mass is 16.5. The Morgan fingerprint density at radius 3 is 2.93 bits per heavy atom. The Labute approximate surface area is 88.1 Å². The van der Waals surface area contributed by atoms with Crippen LogP contribution in [0.5, 0.6) is 6.01 Å². The molecule has 1 fully saturated rings. The number of rotatable bonds is 2. The zero-order chi connectivity index (χ0) is 10.1. The van der Waals surface area contributed by atoms with Gasteiger partial charge in [-0.1, -0.05) is 18.2 Å². The summed E-state index contributed by atoms with van der Waals surface area (Å²) in [5.41, 5.74) is 0.891. The maximum atomic E-state index is 5.60. The van der Waals surface area contributed by atoms with Gasteiger partial charge in [-0.15, -0.1) is 0 Å². The molecule has 0 atom stereocenters. The molecule has 1 aliphatic rings. The molecular formula is C12H11N2O. The average molecular weight is 199 g/mol. The first-order valence-corrected chi connectivity index (χ1v) is 5.23. The third-order valence-corrected chi connectivity index (χ3v) is 2.72. The van der Waals surface area contributed by atoms with E-state index in [1.807, 2.05) is 24.3 Å². The van der Waals surface area contributed by atoms with Gasteiger partial charge in [-0.3, -0.25) is 0 Å². The van der Waals surface area contributed by atoms with Crippen LogP contribution in [0.3, 0.4) is 0 Å². The fourth-order valence-electron chi connectivity index (χ4n) is 1.59. The Balaban J connectivity index is 1.91. The van der Waals surface area contributed by atoms with E-state index in [0.717, 1.165) is 23.7 Å². The molecule has 0 amide bonds. The van der Waals surface area contributed by atoms with Crippen LogP contribution in [0, 0.1) is 6.20 Å². The van der Waals surface area contributed by atoms with Crippen LogP contribution in [0.15, 0.2) is 24.3 Å². The molecule has 1 heterocycles. The molecule has 0 N–H and O–H groups in total. The van der Waals surface area contributed by atoms with Gasteiger partial charge in [0.15, 0.2) is 0 Å². The summed E-state index contributed by atoms with van der Waals surface area (Å²) in [6.07, 6.45) is 6.75. The summed E-state index contributed by atoms with van der Waals surface area (Å²) >= 11 is 0. The highest BCUT2D eigenvalue weighted by Gasteiger charge is 2.20. The van der Waals surface area contributed by atoms with Gasteiger partial charge >= 0.3 is 6.01 Å². The maximum absolute atomic E-state index is 5.60. The normalized spacial score (nSPS) is 16.3. The van der Waals surface area contributed by atoms with Crippen molar-refractivity contribution in [3.05, 3.63) is 30.5 Å². The maximum Gasteiger partial charge on any atom is 0.317 e. The molecule has 0 aliphatic heterocycles. The largest absolute Gasteiger partial charge is 0.460 e. The fraction of sp³-hybridized carbons (Fsp3) is 0.333. The van der Waals surface area contributed by atoms with Crippen molar-refractivity contribution in [3.8, 4) is 6.01 Å². The van der Waals surface area contributed by atoms with Crippen LogP contribution in [-0.4, -0.2) is 16.1 Å². The van der Waals surface area contributed by atoms with Crippen LogP contribution < -0.4 is 4.74 Å². The molecule has 3 rings (SSSR count). The zero-order valence-corrected chi connectivity index (χ0v) is 8.31. The Hall–Kier alpha value is -1.64. The van der Waals surface area contributed by atoms with Crippen molar-refractivity contribution in [2.24, 2.45) is 0 Å². The monoisotopic (exact) mass is 199 g/mol. The van der Waals surface area contributed by atoms with E-state index in [2.05, 4.69) is 16.2 Å². The Bertz CT molecular complexity index is 480. The number of hydrogen-bond acceptors (Lipinski definition) is 3. The smallest absolute Gasteiger partial charge is 0.317 e. The van der Waals surface area contributed by atoms with Crippen LogP contribution >= 0.6 is 0 Å². The number of fused-ring (bicyclic) bond motifs is 1. The fourth-order valence-corrected chi connectivity index (χ4v) is 1.59. The van der Waals surface area contributed by atoms with Gasteiger partial charge in [0.05, 0.1) is 5.52 Å². The van der Waals surface area contributed by atoms with E-state index >= 15 is 0 Å². The first-order valence-electron chi connectivity index (χ1n) is 5.23. The molecule has 15 heavy (non-hydrogen) atoms. The van der Waals surface area contributed by atoms with Crippen LogP contribution in [0.2, 0.25) is 0 Å². The molecule has 0 bridgehead atoms. The molecule has 1 aliphatic carbocycles. The summed E-state index contributed by atoms with van der Waals surface area (Å²) in [6, 6.07) is 8.26. The highest BCUT2D eigenvalue weighted by molar-refractivity contribution is 5.76. The topological polar surface area (TPSA) is 35.0 Å². The van der Waals surface area contributed by atoms with Crippen LogP contribution in [0.4, 0.5) is 0 Å². The predicted octanol–water partition coefficient (Wildman–Crippen LogP) is 2.36. The van der Waals surface area contributed by atoms with Crippen molar-refractivity contribution < 1.29 is 4.74 Å². The van der Waals surface area contributed by atoms with Crippen molar-refractivity contribution in [1.82, 2.24) is 9.97 Å². The number of benzene rings is 1. The van der Waals surface area contributed by atoms with Gasteiger partial charge in [0, 0.05) is 5.39 Å². The molecule has 0 spiro atoms. The van der Waals surface area contributed by atoms with E-state index in [-0.39, 0.29) is 0 Å². The summed E-state index contributed by atoms with van der Waals surface area (Å²) < 4.78 is 5.60. The van der Waals surface area contributed by atoms with E-state index in [1.54, 1.807) is 0 Å². The van der Waals surface area contributed by atoms with E-state index < -0.39 is 0 Å². The second-order valence-corrected chi connectivity index (χ2v) is 3.81. The number of ether oxygens (including phenoxy) is 1. The number of para-hydroxylation sites is 1. The second kappa shape index (κ2) is 3.50. The highest BCUT2D eigenvalue weighted by Crippen LogP contribution is 2.23. The Morgan fingerprint density at radius 1 is 1.27 bits per heavy atom. The summed E-state index contributed by atoms with van der Waals surface area (Å²) in [5, 5.41) is 0.929. The van der Waals surface area contributed by atoms with Gasteiger partial charge < -0.3 is 4.74 Å². The van der Waals surface area contributed by atoms with Gasteiger partial charge in [0.2, 0.25) is 0 Å². The minimum Gasteiger partial charge on any atom is -0.460 e. The SMILES string of the molecule is [c]1nc(OC2CCC2)nc2ccccc12. The van der Waals surface area contributed by atoms with Gasteiger partial charge in [0.25, 0.3) is 0 Å². The second-order valence-electron chi connectivity index (χ2n) is 3.81. The lowest BCUT2D eigenvalue weighted by molar-refractivity contribution is 0.109. The molecule has 0 saturated heterocycles. The molecule has 3 heteroatoms. The predicted molar refractivity (Wildman–Crippen MR) is 56.6 cm³/mol. The van der Waals surface area contributed by atoms with Gasteiger partial charge in [0.1, 0.15) is 12.3 Å². The van der Waals surface area contributed by atoms with Crippen LogP contribution in [0.1, 0.15) is 19.3 Å². The minimum absolute atomic E-state index is 0.319. The molecule has 1 radical (unpaired) electrons. The van der Waals surface area contributed by atoms with Crippen LogP contribution in [0.25, 0.3) is 10.9 Å². The van der Waals surface area contributed by atoms with E-state index in [9.17, 15) is 0 Å². The first-order chi connectivity index (χ1) is 7.42. The molecule has 3 nitrogen and oxygen atoms in total. The summed E-state index contributed by atoms with van der Waals surface area (Å²) in [7, 11) is 0. The third-order valence-electron chi connectivity index (χ3n) is 2.72. The van der Waals surface area contributed by atoms with Gasteiger partial charge in [-0.25, -0.2) is 0 Å².